The van der Waals surface area contributed by atoms with E-state index >= 15 is 0 Å². The predicted octanol–water partition coefficient (Wildman–Crippen LogP) is 1.84. The molecule has 128 valence electrons. The molecule has 0 aliphatic carbocycles. The fourth-order valence-electron chi connectivity index (χ4n) is 2.84. The van der Waals surface area contributed by atoms with Crippen LogP contribution in [-0.2, 0) is 11.3 Å². The quantitative estimate of drug-likeness (QED) is 0.489. The molecule has 7 nitrogen and oxygen atoms in total. The number of rotatable bonds is 6. The van der Waals surface area contributed by atoms with Crippen molar-refractivity contribution in [2.45, 2.75) is 31.5 Å². The predicted molar refractivity (Wildman–Crippen MR) is 96.4 cm³/mol. The minimum Gasteiger partial charge on any atom is -0.356 e. The molecule has 0 radical (unpaired) electrons. The maximum atomic E-state index is 11.5. The summed E-state index contributed by atoms with van der Waals surface area (Å²) < 4.78 is 1.84. The third-order valence-corrected chi connectivity index (χ3v) is 4.53. The summed E-state index contributed by atoms with van der Waals surface area (Å²) in [6.07, 6.45) is 9.45. The molecule has 2 aromatic rings. The lowest BCUT2D eigenvalue weighted by atomic mass is 10.3. The van der Waals surface area contributed by atoms with Gasteiger partial charge in [0.25, 0.3) is 0 Å². The maximum absolute atomic E-state index is 11.5. The number of fused-ring (bicyclic) bond motifs is 1. The van der Waals surface area contributed by atoms with Crippen LogP contribution in [0.15, 0.2) is 23.5 Å². The zero-order chi connectivity index (χ0) is 16.9. The van der Waals surface area contributed by atoms with Gasteiger partial charge in [0.1, 0.15) is 5.82 Å². The lowest BCUT2D eigenvalue weighted by molar-refractivity contribution is -0.116. The van der Waals surface area contributed by atoms with Gasteiger partial charge < -0.3 is 10.2 Å². The molecule has 1 amide bonds. The largest absolute Gasteiger partial charge is 0.356 e. The van der Waals surface area contributed by atoms with E-state index in [1.807, 2.05) is 24.1 Å². The first-order valence-corrected chi connectivity index (χ1v) is 9.38. The Labute approximate surface area is 145 Å². The first-order valence-electron chi connectivity index (χ1n) is 8.16. The average Bonchev–Trinajstić information content (AvgIpc) is 3.24. The van der Waals surface area contributed by atoms with E-state index < -0.39 is 0 Å². The van der Waals surface area contributed by atoms with Gasteiger partial charge in [-0.1, -0.05) is 17.8 Å². The number of hydrogen-bond acceptors (Lipinski definition) is 6. The highest BCUT2D eigenvalue weighted by Crippen LogP contribution is 2.28. The average molecular weight is 346 g/mol. The lowest BCUT2D eigenvalue weighted by Crippen LogP contribution is -2.25. The Kier molecular flexibility index (Phi) is 5.34. The van der Waals surface area contributed by atoms with E-state index in [0.29, 0.717) is 13.1 Å². The van der Waals surface area contributed by atoms with Gasteiger partial charge in [0.2, 0.25) is 5.91 Å². The molecule has 3 heterocycles. The molecule has 3 rings (SSSR count). The van der Waals surface area contributed by atoms with E-state index in [0.717, 1.165) is 35.1 Å². The minimum absolute atomic E-state index is 0.0915. The summed E-state index contributed by atoms with van der Waals surface area (Å²) in [5.74, 6) is 0.886. The molecule has 24 heavy (non-hydrogen) atoms. The van der Waals surface area contributed by atoms with Gasteiger partial charge in [-0.15, -0.1) is 0 Å². The number of nitrogens with one attached hydrogen (secondary N) is 1. The summed E-state index contributed by atoms with van der Waals surface area (Å²) in [6, 6.07) is 0. The zero-order valence-electron chi connectivity index (χ0n) is 14.0. The SMILES string of the molecule is C/C=C\C(=O)NCCn1ncc2c(N3CCCC3)nc(SC)nc21. The first-order chi connectivity index (χ1) is 11.7. The molecule has 1 aliphatic heterocycles. The Morgan fingerprint density at radius 1 is 1.38 bits per heavy atom. The standard InChI is InChI=1S/C16H22N6OS/c1-3-6-13(23)17-7-10-22-15-12(11-18-22)14(19-16(20-15)24-2)21-8-4-5-9-21/h3,6,11H,4-5,7-10H2,1-2H3,(H,17,23)/b6-3-. The molecule has 0 aromatic carbocycles. The number of anilines is 1. The van der Waals surface area contributed by atoms with Gasteiger partial charge in [0.05, 0.1) is 18.1 Å². The van der Waals surface area contributed by atoms with Crippen molar-refractivity contribution in [1.82, 2.24) is 25.1 Å². The highest BCUT2D eigenvalue weighted by Gasteiger charge is 2.20. The topological polar surface area (TPSA) is 75.9 Å². The van der Waals surface area contributed by atoms with Crippen molar-refractivity contribution in [3.05, 3.63) is 18.3 Å². The van der Waals surface area contributed by atoms with Gasteiger partial charge in [-0.2, -0.15) is 5.10 Å². The van der Waals surface area contributed by atoms with E-state index in [2.05, 4.69) is 20.3 Å². The summed E-state index contributed by atoms with van der Waals surface area (Å²) in [7, 11) is 0. The van der Waals surface area contributed by atoms with E-state index in [4.69, 9.17) is 4.98 Å². The number of hydrogen-bond donors (Lipinski definition) is 1. The van der Waals surface area contributed by atoms with Gasteiger partial charge in [0.15, 0.2) is 10.8 Å². The molecule has 1 N–H and O–H groups in total. The van der Waals surface area contributed by atoms with Crippen molar-refractivity contribution in [3.63, 3.8) is 0 Å². The van der Waals surface area contributed by atoms with Crippen LogP contribution >= 0.6 is 11.8 Å². The Bertz CT molecular complexity index is 750. The smallest absolute Gasteiger partial charge is 0.243 e. The fraction of sp³-hybridized carbons (Fsp3) is 0.500. The van der Waals surface area contributed by atoms with Gasteiger partial charge >= 0.3 is 0 Å². The van der Waals surface area contributed by atoms with E-state index in [1.165, 1.54) is 30.7 Å². The molecule has 0 atom stereocenters. The van der Waals surface area contributed by atoms with Crippen LogP contribution in [0.2, 0.25) is 0 Å². The van der Waals surface area contributed by atoms with Crippen LogP contribution in [0.1, 0.15) is 19.8 Å². The van der Waals surface area contributed by atoms with Crippen molar-refractivity contribution in [2.75, 3.05) is 30.8 Å². The first kappa shape index (κ1) is 16.8. The van der Waals surface area contributed by atoms with Gasteiger partial charge in [0, 0.05) is 19.6 Å². The van der Waals surface area contributed by atoms with Crippen molar-refractivity contribution < 1.29 is 4.79 Å². The summed E-state index contributed by atoms with van der Waals surface area (Å²) in [4.78, 5) is 23.1. The van der Waals surface area contributed by atoms with Crippen LogP contribution in [-0.4, -0.2) is 51.5 Å². The Morgan fingerprint density at radius 2 is 2.17 bits per heavy atom. The van der Waals surface area contributed by atoms with Crippen LogP contribution < -0.4 is 10.2 Å². The lowest BCUT2D eigenvalue weighted by Gasteiger charge is -2.17. The summed E-state index contributed by atoms with van der Waals surface area (Å²) in [5.41, 5.74) is 0.830. The van der Waals surface area contributed by atoms with Crippen molar-refractivity contribution >= 4 is 34.5 Å². The Hall–Kier alpha value is -2.09. The molecule has 1 fully saturated rings. The molecule has 0 bridgehead atoms. The van der Waals surface area contributed by atoms with Crippen molar-refractivity contribution in [2.24, 2.45) is 0 Å². The number of nitrogens with zero attached hydrogens (tertiary/aromatic N) is 5. The maximum Gasteiger partial charge on any atom is 0.243 e. The van der Waals surface area contributed by atoms with Crippen LogP contribution in [0.4, 0.5) is 5.82 Å². The summed E-state index contributed by atoms with van der Waals surface area (Å²) in [6.45, 7) is 4.98. The molecule has 2 aromatic heterocycles. The summed E-state index contributed by atoms with van der Waals surface area (Å²) in [5, 5.41) is 9.03. The second kappa shape index (κ2) is 7.65. The number of carbonyl (C=O) groups excluding carboxylic acids is 1. The van der Waals surface area contributed by atoms with Crippen LogP contribution in [0.3, 0.4) is 0 Å². The number of aromatic nitrogens is 4. The number of amides is 1. The molecular formula is C16H22N6OS. The van der Waals surface area contributed by atoms with Crippen molar-refractivity contribution in [3.8, 4) is 0 Å². The van der Waals surface area contributed by atoms with Crippen LogP contribution in [0.5, 0.6) is 0 Å². The monoisotopic (exact) mass is 346 g/mol. The molecule has 1 aliphatic rings. The third kappa shape index (κ3) is 3.53. The van der Waals surface area contributed by atoms with Gasteiger partial charge in [-0.05, 0) is 32.1 Å². The van der Waals surface area contributed by atoms with Crippen LogP contribution in [0, 0.1) is 0 Å². The molecule has 0 unspecified atom stereocenters. The van der Waals surface area contributed by atoms with E-state index in [1.54, 1.807) is 6.08 Å². The zero-order valence-corrected chi connectivity index (χ0v) is 14.8. The minimum atomic E-state index is -0.0915. The number of carbonyl (C=O) groups is 1. The fourth-order valence-corrected chi connectivity index (χ4v) is 3.20. The molecular weight excluding hydrogens is 324 g/mol. The molecule has 1 saturated heterocycles. The summed E-state index contributed by atoms with van der Waals surface area (Å²) >= 11 is 1.54. The number of allylic oxidation sites excluding steroid dienone is 1. The van der Waals surface area contributed by atoms with Gasteiger partial charge in [-0.3, -0.25) is 4.79 Å². The molecule has 8 heteroatoms. The van der Waals surface area contributed by atoms with Gasteiger partial charge in [-0.25, -0.2) is 14.6 Å². The highest BCUT2D eigenvalue weighted by molar-refractivity contribution is 7.98. The van der Waals surface area contributed by atoms with Crippen LogP contribution in [0.25, 0.3) is 11.0 Å². The highest BCUT2D eigenvalue weighted by atomic mass is 32.2. The second-order valence-corrected chi connectivity index (χ2v) is 6.40. The van der Waals surface area contributed by atoms with E-state index in [9.17, 15) is 4.79 Å². The normalized spacial score (nSPS) is 14.8. The Balaban J connectivity index is 1.84. The second-order valence-electron chi connectivity index (χ2n) is 5.62. The van der Waals surface area contributed by atoms with E-state index in [-0.39, 0.29) is 5.91 Å². The number of thioether (sulfide) groups is 1. The Morgan fingerprint density at radius 3 is 2.88 bits per heavy atom. The molecule has 0 spiro atoms. The van der Waals surface area contributed by atoms with Crippen molar-refractivity contribution in [1.29, 1.82) is 0 Å². The third-order valence-electron chi connectivity index (χ3n) is 3.98. The molecule has 0 saturated carbocycles.